The first-order valence-electron chi connectivity index (χ1n) is 8.92. The first kappa shape index (κ1) is 17.8. The largest absolute Gasteiger partial charge is 0.386 e. The molecule has 4 rings (SSSR count). The molecule has 1 amide bonds. The van der Waals surface area contributed by atoms with Gasteiger partial charge in [0.2, 0.25) is 5.76 Å². The van der Waals surface area contributed by atoms with E-state index in [1.165, 1.54) is 11.3 Å². The van der Waals surface area contributed by atoms with Crippen molar-refractivity contribution in [3.63, 3.8) is 0 Å². The van der Waals surface area contributed by atoms with Crippen molar-refractivity contribution in [3.8, 4) is 11.3 Å². The van der Waals surface area contributed by atoms with Crippen LogP contribution in [-0.4, -0.2) is 32.4 Å². The van der Waals surface area contributed by atoms with Crippen molar-refractivity contribution in [1.29, 1.82) is 0 Å². The second-order valence-corrected chi connectivity index (χ2v) is 7.96. The SMILES string of the molecule is C[C@@H](O)c1nnc(C[C@H]2C[C@@H](NC(=O)c3cc(-c4ccccc4)no3)C2)s1. The van der Waals surface area contributed by atoms with E-state index < -0.39 is 6.10 Å². The Kier molecular flexibility index (Phi) is 5.00. The smallest absolute Gasteiger partial charge is 0.290 e. The molecule has 1 aliphatic carbocycles. The Hall–Kier alpha value is -2.58. The summed E-state index contributed by atoms with van der Waals surface area (Å²) in [5.74, 6) is 0.461. The number of hydrogen-bond acceptors (Lipinski definition) is 7. The summed E-state index contributed by atoms with van der Waals surface area (Å²) in [6.45, 7) is 1.69. The number of nitrogens with zero attached hydrogens (tertiary/aromatic N) is 3. The molecule has 0 bridgehead atoms. The van der Waals surface area contributed by atoms with E-state index in [2.05, 4.69) is 20.7 Å². The molecule has 7 nitrogen and oxygen atoms in total. The standard InChI is InChI=1S/C19H20N4O3S/c1-11(24)19-22-21-17(27-19)9-12-7-14(8-12)20-18(25)16-10-15(23-26-16)13-5-3-2-4-6-13/h2-6,10-12,14,24H,7-9H2,1H3,(H,20,25)/t11-,12-,14+/m1/s1. The summed E-state index contributed by atoms with van der Waals surface area (Å²) in [5.41, 5.74) is 1.56. The Bertz CT molecular complexity index is 916. The monoisotopic (exact) mass is 384 g/mol. The fourth-order valence-electron chi connectivity index (χ4n) is 3.17. The number of aliphatic hydroxyl groups is 1. The molecule has 3 aromatic rings. The maximum absolute atomic E-state index is 12.3. The zero-order valence-electron chi connectivity index (χ0n) is 14.8. The Balaban J connectivity index is 1.27. The highest BCUT2D eigenvalue weighted by atomic mass is 32.1. The average Bonchev–Trinajstić information content (AvgIpc) is 3.30. The molecule has 8 heteroatoms. The number of nitrogens with one attached hydrogen (secondary N) is 1. The lowest BCUT2D eigenvalue weighted by Crippen LogP contribution is -2.44. The van der Waals surface area contributed by atoms with Crippen LogP contribution < -0.4 is 5.32 Å². The van der Waals surface area contributed by atoms with Crippen LogP contribution in [0.5, 0.6) is 0 Å². The van der Waals surface area contributed by atoms with Gasteiger partial charge in [-0.1, -0.05) is 46.8 Å². The normalized spacial score (nSPS) is 20.1. The summed E-state index contributed by atoms with van der Waals surface area (Å²) >= 11 is 1.45. The quantitative estimate of drug-likeness (QED) is 0.677. The lowest BCUT2D eigenvalue weighted by Gasteiger charge is -2.35. The molecule has 1 aliphatic rings. The molecule has 0 spiro atoms. The minimum absolute atomic E-state index is 0.136. The molecule has 1 saturated carbocycles. The second-order valence-electron chi connectivity index (χ2n) is 6.86. The third-order valence-corrected chi connectivity index (χ3v) is 5.79. The average molecular weight is 384 g/mol. The molecule has 1 atom stereocenters. The summed E-state index contributed by atoms with van der Waals surface area (Å²) in [5, 5.41) is 26.2. The minimum Gasteiger partial charge on any atom is -0.386 e. The molecule has 140 valence electrons. The fraction of sp³-hybridized carbons (Fsp3) is 0.368. The van der Waals surface area contributed by atoms with Gasteiger partial charge < -0.3 is 14.9 Å². The van der Waals surface area contributed by atoms with Gasteiger partial charge in [-0.25, -0.2) is 0 Å². The highest BCUT2D eigenvalue weighted by molar-refractivity contribution is 7.11. The fourth-order valence-corrected chi connectivity index (χ4v) is 4.06. The second kappa shape index (κ2) is 7.58. The summed E-state index contributed by atoms with van der Waals surface area (Å²) in [6, 6.07) is 11.4. The summed E-state index contributed by atoms with van der Waals surface area (Å²) < 4.78 is 5.20. The lowest BCUT2D eigenvalue weighted by molar-refractivity contribution is 0.0852. The maximum atomic E-state index is 12.3. The molecule has 27 heavy (non-hydrogen) atoms. The number of carbonyl (C=O) groups excluding carboxylic acids is 1. The van der Waals surface area contributed by atoms with Gasteiger partial charge in [-0.15, -0.1) is 10.2 Å². The van der Waals surface area contributed by atoms with Gasteiger partial charge in [-0.2, -0.15) is 0 Å². The van der Waals surface area contributed by atoms with Gasteiger partial charge in [0.15, 0.2) is 0 Å². The summed E-state index contributed by atoms with van der Waals surface area (Å²) in [6.07, 6.45) is 2.05. The van der Waals surface area contributed by atoms with E-state index in [1.54, 1.807) is 13.0 Å². The third-order valence-electron chi connectivity index (χ3n) is 4.68. The van der Waals surface area contributed by atoms with Gasteiger partial charge >= 0.3 is 0 Å². The lowest BCUT2D eigenvalue weighted by atomic mass is 9.78. The van der Waals surface area contributed by atoms with Gasteiger partial charge in [0.05, 0.1) is 0 Å². The number of aromatic nitrogens is 3. The Morgan fingerprint density at radius 2 is 2.11 bits per heavy atom. The minimum atomic E-state index is -0.577. The van der Waals surface area contributed by atoms with Crippen molar-refractivity contribution in [3.05, 3.63) is 52.2 Å². The van der Waals surface area contributed by atoms with E-state index >= 15 is 0 Å². The predicted molar refractivity (Wildman–Crippen MR) is 100 cm³/mol. The zero-order valence-corrected chi connectivity index (χ0v) is 15.6. The van der Waals surface area contributed by atoms with Crippen LogP contribution in [0, 0.1) is 5.92 Å². The maximum Gasteiger partial charge on any atom is 0.290 e. The summed E-state index contributed by atoms with van der Waals surface area (Å²) in [7, 11) is 0. The third kappa shape index (κ3) is 4.06. The molecule has 2 aromatic heterocycles. The Morgan fingerprint density at radius 3 is 2.81 bits per heavy atom. The Labute approximate surface area is 160 Å². The molecule has 1 aromatic carbocycles. The van der Waals surface area contributed by atoms with Gasteiger partial charge in [-0.05, 0) is 25.7 Å². The molecule has 1 fully saturated rings. The van der Waals surface area contributed by atoms with Gasteiger partial charge in [0.1, 0.15) is 21.8 Å². The molecule has 0 radical (unpaired) electrons. The van der Waals surface area contributed by atoms with Crippen molar-refractivity contribution in [2.24, 2.45) is 5.92 Å². The molecule has 2 heterocycles. The van der Waals surface area contributed by atoms with Crippen molar-refractivity contribution >= 4 is 17.2 Å². The van der Waals surface area contributed by atoms with Crippen molar-refractivity contribution in [2.75, 3.05) is 0 Å². The molecule has 0 saturated heterocycles. The first-order valence-corrected chi connectivity index (χ1v) is 9.73. The molecule has 0 unspecified atom stereocenters. The van der Waals surface area contributed by atoms with Crippen LogP contribution in [-0.2, 0) is 6.42 Å². The van der Waals surface area contributed by atoms with Gasteiger partial charge in [0.25, 0.3) is 5.91 Å². The van der Waals surface area contributed by atoms with E-state index in [0.29, 0.717) is 16.6 Å². The first-order chi connectivity index (χ1) is 13.1. The van der Waals surface area contributed by atoms with Crippen LogP contribution in [0.3, 0.4) is 0 Å². The predicted octanol–water partition coefficient (Wildman–Crippen LogP) is 3.00. The van der Waals surface area contributed by atoms with Crippen LogP contribution in [0.1, 0.15) is 46.4 Å². The number of carbonyl (C=O) groups is 1. The van der Waals surface area contributed by atoms with E-state index in [4.69, 9.17) is 4.52 Å². The summed E-state index contributed by atoms with van der Waals surface area (Å²) in [4.78, 5) is 12.3. The Morgan fingerprint density at radius 1 is 1.33 bits per heavy atom. The number of aliphatic hydroxyl groups excluding tert-OH is 1. The van der Waals surface area contributed by atoms with Crippen molar-refractivity contribution in [2.45, 2.75) is 38.3 Å². The number of rotatable bonds is 6. The zero-order chi connectivity index (χ0) is 18.8. The topological polar surface area (TPSA) is 101 Å². The van der Waals surface area contributed by atoms with Crippen LogP contribution in [0.25, 0.3) is 11.3 Å². The highest BCUT2D eigenvalue weighted by Gasteiger charge is 2.32. The number of amides is 1. The molecular formula is C19H20N4O3S. The van der Waals surface area contributed by atoms with Crippen molar-refractivity contribution in [1.82, 2.24) is 20.7 Å². The van der Waals surface area contributed by atoms with Crippen molar-refractivity contribution < 1.29 is 14.4 Å². The van der Waals surface area contributed by atoms with E-state index in [-0.39, 0.29) is 17.7 Å². The van der Waals surface area contributed by atoms with Gasteiger partial charge in [0, 0.05) is 24.1 Å². The van der Waals surface area contributed by atoms with E-state index in [0.717, 1.165) is 29.8 Å². The van der Waals surface area contributed by atoms with Crippen LogP contribution in [0.4, 0.5) is 0 Å². The van der Waals surface area contributed by atoms with Crippen LogP contribution >= 0.6 is 11.3 Å². The van der Waals surface area contributed by atoms with Gasteiger partial charge in [-0.3, -0.25) is 4.79 Å². The molecule has 0 aliphatic heterocycles. The highest BCUT2D eigenvalue weighted by Crippen LogP contribution is 2.32. The van der Waals surface area contributed by atoms with Crippen LogP contribution in [0.2, 0.25) is 0 Å². The van der Waals surface area contributed by atoms with Crippen LogP contribution in [0.15, 0.2) is 40.9 Å². The van der Waals surface area contributed by atoms with E-state index in [9.17, 15) is 9.90 Å². The number of benzene rings is 1. The molecular weight excluding hydrogens is 364 g/mol. The van der Waals surface area contributed by atoms with E-state index in [1.807, 2.05) is 30.3 Å². The number of hydrogen-bond donors (Lipinski definition) is 2. The molecule has 2 N–H and O–H groups in total.